The number of aromatic nitrogens is 1. The Labute approximate surface area is 180 Å². The fraction of sp³-hybridized carbons (Fsp3) is 0.375. The van der Waals surface area contributed by atoms with Crippen molar-refractivity contribution < 1.29 is 14.3 Å². The van der Waals surface area contributed by atoms with Gasteiger partial charge in [0.05, 0.1) is 15.8 Å². The minimum absolute atomic E-state index is 0.148. The molecule has 1 aliphatic carbocycles. The van der Waals surface area contributed by atoms with Crippen molar-refractivity contribution in [2.24, 2.45) is 11.8 Å². The van der Waals surface area contributed by atoms with Crippen molar-refractivity contribution in [1.29, 1.82) is 0 Å². The number of nitrogens with zero attached hydrogens (tertiary/aromatic N) is 1. The topological polar surface area (TPSA) is 68.3 Å². The number of hydrogen-bond acceptors (Lipinski definition) is 5. The molecule has 1 N–H and O–H groups in total. The Balaban J connectivity index is 1.43. The number of amides is 1. The second-order valence-electron chi connectivity index (χ2n) is 8.05. The normalized spacial score (nSPS) is 21.3. The highest BCUT2D eigenvalue weighted by Crippen LogP contribution is 2.32. The monoisotopic (exact) mass is 422 g/mol. The molecule has 4 rings (SSSR count). The van der Waals surface area contributed by atoms with E-state index < -0.39 is 5.97 Å². The fourth-order valence-corrected chi connectivity index (χ4v) is 5.08. The van der Waals surface area contributed by atoms with E-state index in [-0.39, 0.29) is 18.6 Å². The summed E-state index contributed by atoms with van der Waals surface area (Å²) >= 11 is 1.53. The molecule has 6 heteroatoms. The largest absolute Gasteiger partial charge is 0.452 e. The van der Waals surface area contributed by atoms with Gasteiger partial charge in [0.2, 0.25) is 0 Å². The highest BCUT2D eigenvalue weighted by molar-refractivity contribution is 7.21. The van der Waals surface area contributed by atoms with Crippen LogP contribution in [0.5, 0.6) is 0 Å². The summed E-state index contributed by atoms with van der Waals surface area (Å²) in [5.41, 5.74) is 2.04. The Bertz CT molecular complexity index is 1030. The lowest BCUT2D eigenvalue weighted by molar-refractivity contribution is -0.125. The highest BCUT2D eigenvalue weighted by atomic mass is 32.1. The van der Waals surface area contributed by atoms with E-state index in [1.54, 1.807) is 12.1 Å². The first-order chi connectivity index (χ1) is 14.5. The summed E-state index contributed by atoms with van der Waals surface area (Å²) in [5, 5.41) is 3.81. The van der Waals surface area contributed by atoms with Crippen LogP contribution in [0.4, 0.5) is 0 Å². The van der Waals surface area contributed by atoms with Crippen LogP contribution in [-0.4, -0.2) is 29.5 Å². The third kappa shape index (κ3) is 4.38. The van der Waals surface area contributed by atoms with E-state index >= 15 is 0 Å². The van der Waals surface area contributed by atoms with E-state index in [1.807, 2.05) is 36.4 Å². The van der Waals surface area contributed by atoms with Crippen LogP contribution in [0, 0.1) is 11.8 Å². The highest BCUT2D eigenvalue weighted by Gasteiger charge is 2.28. The van der Waals surface area contributed by atoms with Crippen LogP contribution in [0.25, 0.3) is 20.8 Å². The Hall–Kier alpha value is -2.73. The second kappa shape index (κ2) is 8.96. The van der Waals surface area contributed by atoms with Crippen molar-refractivity contribution >= 4 is 33.4 Å². The molecule has 1 fully saturated rings. The third-order valence-corrected chi connectivity index (χ3v) is 7.13. The molecule has 1 aliphatic rings. The van der Waals surface area contributed by atoms with Gasteiger partial charge in [-0.2, -0.15) is 0 Å². The van der Waals surface area contributed by atoms with Crippen molar-refractivity contribution in [2.75, 3.05) is 6.61 Å². The molecule has 1 saturated carbocycles. The molecule has 0 spiro atoms. The van der Waals surface area contributed by atoms with Crippen LogP contribution in [0.3, 0.4) is 0 Å². The number of carbonyl (C=O) groups excluding carboxylic acids is 2. The van der Waals surface area contributed by atoms with Gasteiger partial charge in [-0.1, -0.05) is 57.0 Å². The molecule has 3 aromatic rings. The molecule has 3 atom stereocenters. The standard InChI is InChI=1S/C24H26N2O3S/c1-15-8-7-12-19(16(15)2)25-22(27)14-29-24(28)18-10-4-3-9-17(18)23-26-20-11-5-6-13-21(20)30-23/h3-6,9-11,13,15-16,19H,7-8,12,14H2,1-2H3,(H,25,27)/t15-,16-,19+/m1/s1. The number of benzene rings is 2. The summed E-state index contributed by atoms with van der Waals surface area (Å²) in [4.78, 5) is 29.8. The zero-order chi connectivity index (χ0) is 21.1. The Morgan fingerprint density at radius 2 is 1.87 bits per heavy atom. The molecule has 1 aromatic heterocycles. The average Bonchev–Trinajstić information content (AvgIpc) is 3.19. The number of rotatable bonds is 5. The van der Waals surface area contributed by atoms with E-state index in [0.717, 1.165) is 33.6 Å². The molecule has 156 valence electrons. The lowest BCUT2D eigenvalue weighted by Crippen LogP contribution is -2.45. The molecular formula is C24H26N2O3S. The number of esters is 1. The molecular weight excluding hydrogens is 396 g/mol. The van der Waals surface area contributed by atoms with Gasteiger partial charge >= 0.3 is 5.97 Å². The van der Waals surface area contributed by atoms with E-state index in [0.29, 0.717) is 17.4 Å². The number of para-hydroxylation sites is 1. The van der Waals surface area contributed by atoms with Crippen LogP contribution in [0.1, 0.15) is 43.5 Å². The van der Waals surface area contributed by atoms with Crippen molar-refractivity contribution in [3.63, 3.8) is 0 Å². The number of fused-ring (bicyclic) bond motifs is 1. The van der Waals surface area contributed by atoms with Crippen LogP contribution in [0.15, 0.2) is 48.5 Å². The summed E-state index contributed by atoms with van der Waals surface area (Å²) in [6, 6.07) is 15.3. The quantitative estimate of drug-likeness (QED) is 0.584. The molecule has 0 bridgehead atoms. The van der Waals surface area contributed by atoms with Gasteiger partial charge in [-0.3, -0.25) is 4.79 Å². The smallest absolute Gasteiger partial charge is 0.339 e. The predicted molar refractivity (Wildman–Crippen MR) is 119 cm³/mol. The number of nitrogens with one attached hydrogen (secondary N) is 1. The van der Waals surface area contributed by atoms with Crippen molar-refractivity contribution in [2.45, 2.75) is 39.2 Å². The molecule has 0 unspecified atom stereocenters. The Morgan fingerprint density at radius 3 is 2.70 bits per heavy atom. The first-order valence-corrected chi connectivity index (χ1v) is 11.3. The maximum atomic E-state index is 12.7. The number of ether oxygens (including phenoxy) is 1. The molecule has 2 aromatic carbocycles. The average molecular weight is 423 g/mol. The predicted octanol–water partition coefficient (Wildman–Crippen LogP) is 5.06. The molecule has 1 heterocycles. The molecule has 0 saturated heterocycles. The summed E-state index contributed by atoms with van der Waals surface area (Å²) in [5.74, 6) is 0.266. The first-order valence-electron chi connectivity index (χ1n) is 10.4. The molecule has 30 heavy (non-hydrogen) atoms. The number of carbonyl (C=O) groups is 2. The van der Waals surface area contributed by atoms with Gasteiger partial charge in [-0.05, 0) is 36.5 Å². The van der Waals surface area contributed by atoms with Gasteiger partial charge in [-0.15, -0.1) is 11.3 Å². The summed E-state index contributed by atoms with van der Waals surface area (Å²) in [6.07, 6.45) is 3.29. The molecule has 1 amide bonds. The van der Waals surface area contributed by atoms with Crippen molar-refractivity contribution in [3.05, 3.63) is 54.1 Å². The lowest BCUT2D eigenvalue weighted by Gasteiger charge is -2.34. The molecule has 5 nitrogen and oxygen atoms in total. The minimum atomic E-state index is -0.509. The number of thiazole rings is 1. The van der Waals surface area contributed by atoms with Crippen molar-refractivity contribution in [1.82, 2.24) is 10.3 Å². The van der Waals surface area contributed by atoms with Crippen LogP contribution in [-0.2, 0) is 9.53 Å². The van der Waals surface area contributed by atoms with Gasteiger partial charge in [0.1, 0.15) is 5.01 Å². The van der Waals surface area contributed by atoms with Gasteiger partial charge < -0.3 is 10.1 Å². The minimum Gasteiger partial charge on any atom is -0.452 e. The first kappa shape index (κ1) is 20.5. The summed E-state index contributed by atoms with van der Waals surface area (Å²) < 4.78 is 6.42. The van der Waals surface area contributed by atoms with E-state index in [1.165, 1.54) is 17.8 Å². The fourth-order valence-electron chi connectivity index (χ4n) is 4.08. The Morgan fingerprint density at radius 1 is 1.10 bits per heavy atom. The Kier molecular flexibility index (Phi) is 6.13. The molecule has 0 radical (unpaired) electrons. The van der Waals surface area contributed by atoms with Gasteiger partial charge in [-0.25, -0.2) is 9.78 Å². The molecule has 0 aliphatic heterocycles. The lowest BCUT2D eigenvalue weighted by atomic mass is 9.78. The van der Waals surface area contributed by atoms with E-state index in [4.69, 9.17) is 4.74 Å². The van der Waals surface area contributed by atoms with Crippen LogP contribution in [0.2, 0.25) is 0 Å². The van der Waals surface area contributed by atoms with E-state index in [9.17, 15) is 9.59 Å². The van der Waals surface area contributed by atoms with Gasteiger partial charge in [0.15, 0.2) is 6.61 Å². The summed E-state index contributed by atoms with van der Waals surface area (Å²) in [7, 11) is 0. The third-order valence-electron chi connectivity index (χ3n) is 6.06. The van der Waals surface area contributed by atoms with Crippen LogP contribution < -0.4 is 5.32 Å². The zero-order valence-electron chi connectivity index (χ0n) is 17.3. The van der Waals surface area contributed by atoms with Crippen molar-refractivity contribution in [3.8, 4) is 10.6 Å². The maximum Gasteiger partial charge on any atom is 0.339 e. The van der Waals surface area contributed by atoms with Crippen LogP contribution >= 0.6 is 11.3 Å². The SMILES string of the molecule is C[C@@H]1[C@H](C)CCC[C@@H]1NC(=O)COC(=O)c1ccccc1-c1nc2ccccc2s1. The van der Waals surface area contributed by atoms with Gasteiger partial charge in [0.25, 0.3) is 5.91 Å². The number of hydrogen-bond donors (Lipinski definition) is 1. The summed E-state index contributed by atoms with van der Waals surface area (Å²) in [6.45, 7) is 4.13. The van der Waals surface area contributed by atoms with E-state index in [2.05, 4.69) is 24.1 Å². The second-order valence-corrected chi connectivity index (χ2v) is 9.08. The zero-order valence-corrected chi connectivity index (χ0v) is 18.1. The maximum absolute atomic E-state index is 12.7. The van der Waals surface area contributed by atoms with Gasteiger partial charge in [0, 0.05) is 11.6 Å².